The van der Waals surface area contributed by atoms with Crippen LogP contribution >= 0.6 is 0 Å². The number of hydrogen-bond acceptors (Lipinski definition) is 21. The molecule has 0 saturated carbocycles. The Bertz CT molecular complexity index is 5250. The molecule has 0 saturated heterocycles. The highest BCUT2D eigenvalue weighted by Gasteiger charge is 2.21. The molecule has 720 valence electrons. The smallest absolute Gasteiger partial charge is 0.343 e. The van der Waals surface area contributed by atoms with Crippen LogP contribution in [0.25, 0.3) is 0 Å². The fraction of sp³-hybridized carbons (Fsp3) is 0.395. The van der Waals surface area contributed by atoms with Crippen molar-refractivity contribution in [2.75, 3.05) is 39.6 Å². The Balaban J connectivity index is 0.000000276. The first kappa shape index (κ1) is 109. The molecule has 0 aliphatic rings. The van der Waals surface area contributed by atoms with Gasteiger partial charge in [0.25, 0.3) is 0 Å². The van der Waals surface area contributed by atoms with Gasteiger partial charge in [-0.05, 0) is 314 Å². The predicted molar refractivity (Wildman–Crippen MR) is 529 cm³/mol. The van der Waals surface area contributed by atoms with Crippen LogP contribution in [-0.4, -0.2) is 93.4 Å². The Morgan fingerprint density at radius 2 is 0.415 bits per heavy atom. The number of carbonyl (C=O) groups is 9. The second-order valence-corrected chi connectivity index (χ2v) is 33.5. The van der Waals surface area contributed by atoms with E-state index in [0.29, 0.717) is 180 Å². The molecule has 0 aliphatic heterocycles. The van der Waals surface area contributed by atoms with Crippen molar-refractivity contribution in [2.45, 2.75) is 255 Å². The van der Waals surface area contributed by atoms with Crippen molar-refractivity contribution in [1.82, 2.24) is 0 Å². The fourth-order valence-electron chi connectivity index (χ4n) is 14.3. The zero-order valence-electron chi connectivity index (χ0n) is 80.7. The summed E-state index contributed by atoms with van der Waals surface area (Å²) in [6.45, 7) is 30.0. The molecule has 0 amide bonds. The number of benzene rings is 9. The Labute approximate surface area is 799 Å². The van der Waals surface area contributed by atoms with E-state index in [0.717, 1.165) is 60.6 Å². The van der Waals surface area contributed by atoms with Crippen molar-refractivity contribution in [3.63, 3.8) is 0 Å². The maximum Gasteiger partial charge on any atom is 0.343 e. The molecule has 0 unspecified atom stereocenters. The minimum absolute atomic E-state index is 0.312. The Morgan fingerprint density at radius 3 is 0.622 bits per heavy atom. The van der Waals surface area contributed by atoms with Gasteiger partial charge in [0, 0.05) is 18.2 Å². The molecule has 0 aliphatic carbocycles. The molecule has 9 aromatic carbocycles. The second-order valence-electron chi connectivity index (χ2n) is 33.5. The van der Waals surface area contributed by atoms with Crippen LogP contribution in [0.2, 0.25) is 0 Å². The topological polar surface area (TPSA) is 264 Å². The second kappa shape index (κ2) is 62.3. The van der Waals surface area contributed by atoms with Crippen LogP contribution in [0.1, 0.15) is 306 Å². The van der Waals surface area contributed by atoms with E-state index in [-0.39, 0.29) is 0 Å². The summed E-state index contributed by atoms with van der Waals surface area (Å²) >= 11 is 0. The molecule has 0 atom stereocenters. The van der Waals surface area contributed by atoms with E-state index in [9.17, 15) is 43.2 Å². The molecule has 9 rings (SSSR count). The van der Waals surface area contributed by atoms with Crippen molar-refractivity contribution in [3.05, 3.63) is 303 Å². The molecule has 0 fully saturated rings. The van der Waals surface area contributed by atoms with Gasteiger partial charge in [-0.25, -0.2) is 43.2 Å². The number of ether oxygens (including phenoxy) is 12. The van der Waals surface area contributed by atoms with E-state index < -0.39 is 53.7 Å². The Morgan fingerprint density at radius 1 is 0.222 bits per heavy atom. The summed E-state index contributed by atoms with van der Waals surface area (Å²) in [6.07, 6.45) is 37.5. The van der Waals surface area contributed by atoms with Crippen molar-refractivity contribution in [1.29, 1.82) is 0 Å². The lowest BCUT2D eigenvalue weighted by atomic mass is 10.0. The third-order valence-corrected chi connectivity index (χ3v) is 22.3. The lowest BCUT2D eigenvalue weighted by Crippen LogP contribution is -2.12. The predicted octanol–water partition coefficient (Wildman–Crippen LogP) is 26.8. The molecule has 9 aromatic rings. The summed E-state index contributed by atoms with van der Waals surface area (Å²) in [7, 11) is 0. The lowest BCUT2D eigenvalue weighted by Gasteiger charge is -2.12. The molecule has 21 nitrogen and oxygen atoms in total. The average molecular weight is 1840 g/mol. The third kappa shape index (κ3) is 41.5. The van der Waals surface area contributed by atoms with Gasteiger partial charge >= 0.3 is 53.7 Å². The molecule has 0 spiro atoms. The number of unbranched alkanes of at least 4 members (excludes halogenated alkanes) is 21. The summed E-state index contributed by atoms with van der Waals surface area (Å²) in [5, 5.41) is 0. The number of aryl methyl sites for hydroxylation is 9. The molecule has 0 radical (unpaired) electrons. The fourth-order valence-corrected chi connectivity index (χ4v) is 14.3. The highest BCUT2D eigenvalue weighted by molar-refractivity contribution is 5.96. The van der Waals surface area contributed by atoms with Crippen LogP contribution in [0, 0.1) is 41.5 Å². The molecular weight excluding hydrogens is 1710 g/mol. The van der Waals surface area contributed by atoms with Crippen LogP contribution in [0.15, 0.2) is 220 Å². The standard InChI is InChI=1S/C39H48O7.C38H46O7.C37H44O7/c1-5-7-8-9-10-11-12-13-16-31-17-21-34(22-18-31)45-38(41)32-20-24-36(30(4)28-32)46-39(42)33-19-23-35(29(3)27-33)43-25-14-15-26-44-37(40)6-2;1-5-7-8-9-10-11-12-15-30-16-20-33(21-17-30)44-37(40)31-19-23-35(29(4)27-31)45-38(41)32-18-22-34(28(3)26-32)42-24-13-14-25-43-36(39)6-2;1-5-7-8-9-10-11-14-29-15-19-32(20-16-29)43-36(39)30-18-22-34(28(4)26-30)44-37(40)31-17-21-33(27(3)25-31)41-23-12-13-24-42-35(38)6-2/h6,17-24,27-28H,2,5,7-16,25-26H2,1,3-4H3;6,16-23,26-27H,2,5,7-15,24-25H2,1,3-4H3;6,15-22,25-26H,2,5,7-14,23-24H2,1,3-4H3. The van der Waals surface area contributed by atoms with Crippen molar-refractivity contribution in [3.8, 4) is 51.7 Å². The van der Waals surface area contributed by atoms with Crippen LogP contribution < -0.4 is 42.6 Å². The van der Waals surface area contributed by atoms with E-state index in [1.807, 2.05) is 93.6 Å². The van der Waals surface area contributed by atoms with Gasteiger partial charge in [0.1, 0.15) is 51.7 Å². The quantitative estimate of drug-likeness (QED) is 0.0113. The average Bonchev–Trinajstić information content (AvgIpc) is 0.834. The highest BCUT2D eigenvalue weighted by atomic mass is 16.6. The van der Waals surface area contributed by atoms with Gasteiger partial charge in [-0.3, -0.25) is 0 Å². The van der Waals surface area contributed by atoms with Gasteiger partial charge in [0.2, 0.25) is 0 Å². The van der Waals surface area contributed by atoms with Crippen LogP contribution in [0.5, 0.6) is 51.7 Å². The molecule has 0 bridgehead atoms. The molecule has 21 heteroatoms. The summed E-state index contributed by atoms with van der Waals surface area (Å²) in [5.41, 5.74) is 10.3. The SMILES string of the molecule is C=CC(=O)OCCCCOc1ccc(C(=O)Oc2ccc(C(=O)Oc3ccc(CCCCCCCC)cc3)cc2C)cc1C.C=CC(=O)OCCCCOc1ccc(C(=O)Oc2ccc(C(=O)Oc3ccc(CCCCCCCCC)cc3)cc2C)cc1C.C=CC(=O)OCCCCOc1ccc(C(=O)Oc2ccc(C(=O)Oc3ccc(CCCCCCCCCC)cc3)cc2C)cc1C. The lowest BCUT2D eigenvalue weighted by molar-refractivity contribution is -0.138. The van der Waals surface area contributed by atoms with Gasteiger partial charge in [-0.2, -0.15) is 0 Å². The molecule has 135 heavy (non-hydrogen) atoms. The zero-order valence-corrected chi connectivity index (χ0v) is 80.7. The summed E-state index contributed by atoms with van der Waals surface area (Å²) in [5.74, 6) is 0.299. The van der Waals surface area contributed by atoms with E-state index in [4.69, 9.17) is 56.8 Å². The largest absolute Gasteiger partial charge is 0.493 e. The maximum absolute atomic E-state index is 12.9. The number of hydrogen-bond donors (Lipinski definition) is 0. The first-order chi connectivity index (χ1) is 65.4. The number of rotatable bonds is 57. The van der Waals surface area contributed by atoms with E-state index in [1.165, 1.54) is 145 Å². The summed E-state index contributed by atoms with van der Waals surface area (Å²) < 4.78 is 65.9. The van der Waals surface area contributed by atoms with Gasteiger partial charge in [-0.1, -0.05) is 192 Å². The van der Waals surface area contributed by atoms with Crippen molar-refractivity contribution in [2.24, 2.45) is 0 Å². The number of carbonyl (C=O) groups excluding carboxylic acids is 9. The van der Waals surface area contributed by atoms with E-state index in [1.54, 1.807) is 130 Å². The summed E-state index contributed by atoms with van der Waals surface area (Å²) in [4.78, 5) is 110. The minimum atomic E-state index is -0.511. The molecule has 0 aromatic heterocycles. The highest BCUT2D eigenvalue weighted by Crippen LogP contribution is 2.31. The summed E-state index contributed by atoms with van der Waals surface area (Å²) in [6, 6.07) is 52.9. The van der Waals surface area contributed by atoms with Crippen LogP contribution in [-0.2, 0) is 47.9 Å². The Hall–Kier alpha value is -13.2. The van der Waals surface area contributed by atoms with Gasteiger partial charge in [0.15, 0.2) is 0 Å². The van der Waals surface area contributed by atoms with E-state index in [2.05, 4.69) is 40.5 Å². The van der Waals surface area contributed by atoms with Gasteiger partial charge < -0.3 is 56.8 Å². The molecular formula is C114H138O21. The van der Waals surface area contributed by atoms with Crippen molar-refractivity contribution >= 4 is 53.7 Å². The van der Waals surface area contributed by atoms with Gasteiger partial charge in [0.05, 0.1) is 73.0 Å². The van der Waals surface area contributed by atoms with E-state index >= 15 is 0 Å². The third-order valence-electron chi connectivity index (χ3n) is 22.3. The monoisotopic (exact) mass is 1840 g/mol. The van der Waals surface area contributed by atoms with Crippen molar-refractivity contribution < 1.29 is 100.0 Å². The first-order valence-corrected chi connectivity index (χ1v) is 47.9. The Kier molecular flexibility index (Phi) is 50.3. The van der Waals surface area contributed by atoms with Gasteiger partial charge in [-0.15, -0.1) is 0 Å². The van der Waals surface area contributed by atoms with Crippen LogP contribution in [0.3, 0.4) is 0 Å². The maximum atomic E-state index is 12.9. The van der Waals surface area contributed by atoms with Crippen LogP contribution in [0.4, 0.5) is 0 Å². The normalized spacial score (nSPS) is 10.6. The molecule has 0 heterocycles. The first-order valence-electron chi connectivity index (χ1n) is 47.9. The number of esters is 9. The zero-order chi connectivity index (χ0) is 97.3. The minimum Gasteiger partial charge on any atom is -0.493 e. The molecule has 0 N–H and O–H groups in total.